The molecule has 2 heterocycles. The van der Waals surface area contributed by atoms with E-state index in [1.54, 1.807) is 17.5 Å². The zero-order valence-corrected chi connectivity index (χ0v) is 11.6. The summed E-state index contributed by atoms with van der Waals surface area (Å²) in [5.41, 5.74) is 6.03. The highest BCUT2D eigenvalue weighted by molar-refractivity contribution is 7.09. The number of thiazole rings is 1. The van der Waals surface area contributed by atoms with Crippen LogP contribution in [-0.4, -0.2) is 41.5 Å². The molecule has 1 aliphatic heterocycles. The minimum atomic E-state index is -0.0738. The number of nitrogens with two attached hydrogens (primary N) is 1. The zero-order valence-electron chi connectivity index (χ0n) is 10.8. The Bertz CT molecular complexity index is 437. The van der Waals surface area contributed by atoms with Crippen LogP contribution in [0.3, 0.4) is 0 Å². The first-order chi connectivity index (χ1) is 9.25. The number of hydrogen-bond acceptors (Lipinski definition) is 5. The van der Waals surface area contributed by atoms with Gasteiger partial charge in [0.25, 0.3) is 0 Å². The highest BCUT2D eigenvalue weighted by atomic mass is 32.1. The molecular weight excluding hydrogens is 262 g/mol. The minimum absolute atomic E-state index is 0.00930. The number of morpholine rings is 1. The largest absolute Gasteiger partial charge is 0.367 e. The molecule has 1 aliphatic carbocycles. The number of ether oxygens (including phenoxy) is 1. The second-order valence-electron chi connectivity index (χ2n) is 5.22. The van der Waals surface area contributed by atoms with Gasteiger partial charge in [-0.15, -0.1) is 11.3 Å². The molecule has 0 aromatic carbocycles. The van der Waals surface area contributed by atoms with Gasteiger partial charge in [-0.3, -0.25) is 4.79 Å². The Morgan fingerprint density at radius 2 is 2.42 bits per heavy atom. The summed E-state index contributed by atoms with van der Waals surface area (Å²) in [6, 6.07) is 0.0358. The Morgan fingerprint density at radius 1 is 1.53 bits per heavy atom. The van der Waals surface area contributed by atoms with Crippen LogP contribution in [0.4, 0.5) is 0 Å². The maximum absolute atomic E-state index is 12.5. The number of carbonyl (C=O) groups excluding carboxylic acids is 1. The van der Waals surface area contributed by atoms with Crippen molar-refractivity contribution in [3.63, 3.8) is 0 Å². The van der Waals surface area contributed by atoms with E-state index in [1.165, 1.54) is 0 Å². The van der Waals surface area contributed by atoms with Crippen LogP contribution in [-0.2, 0) is 9.53 Å². The molecule has 104 valence electrons. The molecule has 0 bridgehead atoms. The Labute approximate surface area is 116 Å². The summed E-state index contributed by atoms with van der Waals surface area (Å²) in [5, 5.41) is 2.89. The second kappa shape index (κ2) is 5.56. The van der Waals surface area contributed by atoms with E-state index in [4.69, 9.17) is 10.5 Å². The van der Waals surface area contributed by atoms with E-state index in [-0.39, 0.29) is 24.0 Å². The van der Waals surface area contributed by atoms with E-state index in [1.807, 2.05) is 10.3 Å². The van der Waals surface area contributed by atoms with Crippen LogP contribution >= 0.6 is 11.3 Å². The quantitative estimate of drug-likeness (QED) is 0.883. The summed E-state index contributed by atoms with van der Waals surface area (Å²) in [7, 11) is 0. The zero-order chi connectivity index (χ0) is 13.2. The lowest BCUT2D eigenvalue weighted by molar-refractivity contribution is -0.143. The van der Waals surface area contributed by atoms with E-state index < -0.39 is 0 Å². The molecule has 1 aromatic heterocycles. The van der Waals surface area contributed by atoms with Gasteiger partial charge < -0.3 is 15.4 Å². The predicted molar refractivity (Wildman–Crippen MR) is 72.7 cm³/mol. The molecule has 1 amide bonds. The summed E-state index contributed by atoms with van der Waals surface area (Å²) in [5.74, 6) is 0.213. The van der Waals surface area contributed by atoms with Gasteiger partial charge in [-0.2, -0.15) is 0 Å². The van der Waals surface area contributed by atoms with Gasteiger partial charge in [0.05, 0.1) is 19.1 Å². The van der Waals surface area contributed by atoms with E-state index >= 15 is 0 Å². The van der Waals surface area contributed by atoms with Crippen molar-refractivity contribution in [2.75, 3.05) is 19.7 Å². The van der Waals surface area contributed by atoms with Crippen molar-refractivity contribution in [1.29, 1.82) is 0 Å². The van der Waals surface area contributed by atoms with E-state index in [9.17, 15) is 4.79 Å². The number of carbonyl (C=O) groups is 1. The van der Waals surface area contributed by atoms with Crippen LogP contribution in [0.25, 0.3) is 0 Å². The van der Waals surface area contributed by atoms with Gasteiger partial charge in [0, 0.05) is 24.2 Å². The Kier molecular flexibility index (Phi) is 3.81. The molecule has 0 unspecified atom stereocenters. The molecule has 5 nitrogen and oxygen atoms in total. The fourth-order valence-electron chi connectivity index (χ4n) is 2.92. The molecule has 2 N–H and O–H groups in total. The normalized spacial score (nSPS) is 31.6. The Balaban J connectivity index is 1.66. The van der Waals surface area contributed by atoms with Gasteiger partial charge >= 0.3 is 0 Å². The summed E-state index contributed by atoms with van der Waals surface area (Å²) in [6.45, 7) is 1.86. The van der Waals surface area contributed by atoms with Crippen molar-refractivity contribution in [2.45, 2.75) is 31.4 Å². The number of nitrogens with zero attached hydrogens (tertiary/aromatic N) is 2. The highest BCUT2D eigenvalue weighted by Crippen LogP contribution is 2.29. The highest BCUT2D eigenvalue weighted by Gasteiger charge is 2.36. The van der Waals surface area contributed by atoms with Crippen LogP contribution in [0, 0.1) is 5.92 Å². The lowest BCUT2D eigenvalue weighted by Crippen LogP contribution is -2.47. The lowest BCUT2D eigenvalue weighted by Gasteiger charge is -2.34. The van der Waals surface area contributed by atoms with Gasteiger partial charge in [0.1, 0.15) is 11.1 Å². The predicted octanol–water partition coefficient (Wildman–Crippen LogP) is 1.17. The monoisotopic (exact) mass is 281 g/mol. The van der Waals surface area contributed by atoms with Gasteiger partial charge in [-0.1, -0.05) is 6.42 Å². The molecule has 0 spiro atoms. The summed E-state index contributed by atoms with van der Waals surface area (Å²) >= 11 is 1.58. The maximum Gasteiger partial charge on any atom is 0.227 e. The van der Waals surface area contributed by atoms with Crippen LogP contribution in [0.5, 0.6) is 0 Å². The molecule has 1 saturated heterocycles. The number of hydrogen-bond donors (Lipinski definition) is 1. The first kappa shape index (κ1) is 13.0. The molecule has 19 heavy (non-hydrogen) atoms. The van der Waals surface area contributed by atoms with Crippen LogP contribution in [0.15, 0.2) is 11.6 Å². The SMILES string of the molecule is N[C@@H]1CCC[C@@H]1C(=O)N1CCO[C@@H](c2nccs2)C1. The molecule has 2 fully saturated rings. The fourth-order valence-corrected chi connectivity index (χ4v) is 3.60. The molecule has 1 aromatic rings. The number of aromatic nitrogens is 1. The van der Waals surface area contributed by atoms with E-state index in [0.29, 0.717) is 19.7 Å². The third kappa shape index (κ3) is 2.66. The van der Waals surface area contributed by atoms with Crippen molar-refractivity contribution in [3.05, 3.63) is 16.6 Å². The number of rotatable bonds is 2. The molecule has 1 saturated carbocycles. The first-order valence-electron chi connectivity index (χ1n) is 6.81. The lowest BCUT2D eigenvalue weighted by atomic mass is 10.0. The van der Waals surface area contributed by atoms with E-state index in [0.717, 1.165) is 24.3 Å². The fraction of sp³-hybridized carbons (Fsp3) is 0.692. The Hall–Kier alpha value is -0.980. The van der Waals surface area contributed by atoms with Crippen molar-refractivity contribution < 1.29 is 9.53 Å². The van der Waals surface area contributed by atoms with Crippen molar-refractivity contribution in [2.24, 2.45) is 11.7 Å². The third-order valence-electron chi connectivity index (χ3n) is 3.99. The van der Waals surface area contributed by atoms with Crippen LogP contribution < -0.4 is 5.73 Å². The molecule has 2 aliphatic rings. The van der Waals surface area contributed by atoms with Crippen LogP contribution in [0.1, 0.15) is 30.4 Å². The molecule has 0 radical (unpaired) electrons. The molecular formula is C13H19N3O2S. The van der Waals surface area contributed by atoms with Crippen LogP contribution in [0.2, 0.25) is 0 Å². The van der Waals surface area contributed by atoms with Gasteiger partial charge in [0.15, 0.2) is 0 Å². The maximum atomic E-state index is 12.5. The van der Waals surface area contributed by atoms with E-state index in [2.05, 4.69) is 4.98 Å². The average Bonchev–Trinajstić information content (AvgIpc) is 3.09. The standard InChI is InChI=1S/C13H19N3O2S/c14-10-3-1-2-9(10)13(17)16-5-6-18-11(8-16)12-15-4-7-19-12/h4,7,9-11H,1-3,5-6,8,14H2/t9-,10+,11+/m0/s1. The number of amides is 1. The van der Waals surface area contributed by atoms with Crippen molar-refractivity contribution in [3.8, 4) is 0 Å². The molecule has 3 atom stereocenters. The first-order valence-corrected chi connectivity index (χ1v) is 7.69. The summed E-state index contributed by atoms with van der Waals surface area (Å²) in [6.07, 6.45) is 4.67. The molecule has 3 rings (SSSR count). The topological polar surface area (TPSA) is 68.5 Å². The third-order valence-corrected chi connectivity index (χ3v) is 4.86. The van der Waals surface area contributed by atoms with Crippen molar-refractivity contribution in [1.82, 2.24) is 9.88 Å². The molecule has 6 heteroatoms. The van der Waals surface area contributed by atoms with Gasteiger partial charge in [-0.25, -0.2) is 4.98 Å². The summed E-state index contributed by atoms with van der Waals surface area (Å²) in [4.78, 5) is 18.7. The van der Waals surface area contributed by atoms with Crippen molar-refractivity contribution >= 4 is 17.2 Å². The van der Waals surface area contributed by atoms with Gasteiger partial charge in [-0.05, 0) is 12.8 Å². The minimum Gasteiger partial charge on any atom is -0.367 e. The summed E-state index contributed by atoms with van der Waals surface area (Å²) < 4.78 is 5.71. The Morgan fingerprint density at radius 3 is 3.11 bits per heavy atom. The van der Waals surface area contributed by atoms with Gasteiger partial charge in [0.2, 0.25) is 5.91 Å². The average molecular weight is 281 g/mol. The smallest absolute Gasteiger partial charge is 0.227 e. The second-order valence-corrected chi connectivity index (χ2v) is 6.14.